The average Bonchev–Trinajstić information content (AvgIpc) is 1.93. The standard InChI is InChI=1S/C7H8O2/c8-6-3-1-2-4-7(9)5-6/h1-3,8H,4-5H2. The lowest BCUT2D eigenvalue weighted by molar-refractivity contribution is -0.118. The van der Waals surface area contributed by atoms with Crippen LogP contribution in [0.4, 0.5) is 0 Å². The van der Waals surface area contributed by atoms with Gasteiger partial charge in [-0.15, -0.1) is 0 Å². The first-order valence-electron chi connectivity index (χ1n) is 2.85. The van der Waals surface area contributed by atoms with E-state index in [4.69, 9.17) is 5.11 Å². The molecule has 0 heterocycles. The number of aliphatic hydroxyl groups excluding tert-OH is 1. The van der Waals surface area contributed by atoms with Gasteiger partial charge < -0.3 is 5.11 Å². The molecular formula is C7H8O2. The Balaban J connectivity index is 2.69. The highest BCUT2D eigenvalue weighted by molar-refractivity contribution is 5.82. The van der Waals surface area contributed by atoms with E-state index in [0.29, 0.717) is 6.42 Å². The summed E-state index contributed by atoms with van der Waals surface area (Å²) in [5.41, 5.74) is 0. The van der Waals surface area contributed by atoms with Gasteiger partial charge in [-0.05, 0) is 6.08 Å². The summed E-state index contributed by atoms with van der Waals surface area (Å²) in [4.78, 5) is 10.6. The summed E-state index contributed by atoms with van der Waals surface area (Å²) in [5.74, 6) is 0.228. The lowest BCUT2D eigenvalue weighted by Gasteiger charge is -1.91. The minimum atomic E-state index is 0.0671. The van der Waals surface area contributed by atoms with E-state index in [9.17, 15) is 4.79 Å². The second-order valence-corrected chi connectivity index (χ2v) is 2.01. The zero-order valence-corrected chi connectivity index (χ0v) is 5.00. The summed E-state index contributed by atoms with van der Waals surface area (Å²) in [7, 11) is 0. The number of carbonyl (C=O) groups excluding carboxylic acids is 1. The SMILES string of the molecule is O=C1CC=CC=C(O)C1. The van der Waals surface area contributed by atoms with Crippen molar-refractivity contribution in [2.45, 2.75) is 12.8 Å². The lowest BCUT2D eigenvalue weighted by Crippen LogP contribution is -1.95. The highest BCUT2D eigenvalue weighted by Crippen LogP contribution is 2.05. The van der Waals surface area contributed by atoms with Crippen molar-refractivity contribution in [3.8, 4) is 0 Å². The smallest absolute Gasteiger partial charge is 0.144 e. The first kappa shape index (κ1) is 6.08. The molecule has 2 heteroatoms. The van der Waals surface area contributed by atoms with Crippen molar-refractivity contribution in [2.75, 3.05) is 0 Å². The van der Waals surface area contributed by atoms with Gasteiger partial charge in [0.05, 0.1) is 12.2 Å². The van der Waals surface area contributed by atoms with Crippen molar-refractivity contribution in [2.24, 2.45) is 0 Å². The van der Waals surface area contributed by atoms with Crippen LogP contribution in [-0.2, 0) is 4.79 Å². The topological polar surface area (TPSA) is 37.3 Å². The van der Waals surface area contributed by atoms with Crippen molar-refractivity contribution in [1.82, 2.24) is 0 Å². The Morgan fingerprint density at radius 1 is 1.56 bits per heavy atom. The van der Waals surface area contributed by atoms with Gasteiger partial charge in [0.2, 0.25) is 0 Å². The fourth-order valence-corrected chi connectivity index (χ4v) is 0.712. The Morgan fingerprint density at radius 3 is 3.11 bits per heavy atom. The molecule has 1 N–H and O–H groups in total. The number of hydrogen-bond donors (Lipinski definition) is 1. The van der Waals surface area contributed by atoms with Crippen LogP contribution in [0, 0.1) is 0 Å². The molecule has 1 aliphatic rings. The molecule has 0 amide bonds. The minimum Gasteiger partial charge on any atom is -0.512 e. The molecule has 9 heavy (non-hydrogen) atoms. The van der Waals surface area contributed by atoms with E-state index in [1.807, 2.05) is 0 Å². The fourth-order valence-electron chi connectivity index (χ4n) is 0.712. The van der Waals surface area contributed by atoms with Gasteiger partial charge >= 0.3 is 0 Å². The van der Waals surface area contributed by atoms with Gasteiger partial charge in [-0.1, -0.05) is 12.2 Å². The molecule has 48 valence electrons. The van der Waals surface area contributed by atoms with E-state index >= 15 is 0 Å². The Hall–Kier alpha value is -1.05. The van der Waals surface area contributed by atoms with E-state index in [1.165, 1.54) is 0 Å². The van der Waals surface area contributed by atoms with E-state index in [-0.39, 0.29) is 18.0 Å². The summed E-state index contributed by atoms with van der Waals surface area (Å²) in [6.07, 6.45) is 5.62. The molecule has 1 aliphatic carbocycles. The maximum atomic E-state index is 10.6. The van der Waals surface area contributed by atoms with Crippen molar-refractivity contribution in [1.29, 1.82) is 0 Å². The van der Waals surface area contributed by atoms with Crippen LogP contribution in [0.1, 0.15) is 12.8 Å². The van der Waals surface area contributed by atoms with Crippen LogP contribution >= 0.6 is 0 Å². The zero-order chi connectivity index (χ0) is 6.69. The third-order valence-corrected chi connectivity index (χ3v) is 1.15. The lowest BCUT2D eigenvalue weighted by atomic mass is 10.2. The molecule has 0 fully saturated rings. The first-order chi connectivity index (χ1) is 4.29. The van der Waals surface area contributed by atoms with Crippen molar-refractivity contribution in [3.05, 3.63) is 24.0 Å². The Bertz CT molecular complexity index is 177. The van der Waals surface area contributed by atoms with Gasteiger partial charge in [-0.3, -0.25) is 4.79 Å². The van der Waals surface area contributed by atoms with Crippen LogP contribution in [0.25, 0.3) is 0 Å². The summed E-state index contributed by atoms with van der Waals surface area (Å²) < 4.78 is 0. The normalized spacial score (nSPS) is 19.1. The predicted molar refractivity (Wildman–Crippen MR) is 34.1 cm³/mol. The summed E-state index contributed by atoms with van der Waals surface area (Å²) in [5, 5.41) is 8.85. The molecule has 0 atom stereocenters. The molecular weight excluding hydrogens is 116 g/mol. The third kappa shape index (κ3) is 1.72. The van der Waals surface area contributed by atoms with Crippen LogP contribution in [-0.4, -0.2) is 10.9 Å². The highest BCUT2D eigenvalue weighted by atomic mass is 16.3. The van der Waals surface area contributed by atoms with Gasteiger partial charge in [0.1, 0.15) is 5.78 Å². The molecule has 0 aromatic carbocycles. The van der Waals surface area contributed by atoms with Crippen LogP contribution in [0.2, 0.25) is 0 Å². The van der Waals surface area contributed by atoms with E-state index < -0.39 is 0 Å². The van der Waals surface area contributed by atoms with E-state index in [2.05, 4.69) is 0 Å². The zero-order valence-electron chi connectivity index (χ0n) is 5.00. The molecule has 0 radical (unpaired) electrons. The van der Waals surface area contributed by atoms with E-state index in [1.54, 1.807) is 18.2 Å². The van der Waals surface area contributed by atoms with Gasteiger partial charge in [0.25, 0.3) is 0 Å². The Labute approximate surface area is 53.5 Å². The number of hydrogen-bond acceptors (Lipinski definition) is 2. The van der Waals surface area contributed by atoms with Gasteiger partial charge in [-0.2, -0.15) is 0 Å². The quantitative estimate of drug-likeness (QED) is 0.529. The monoisotopic (exact) mass is 124 g/mol. The molecule has 0 bridgehead atoms. The number of allylic oxidation sites excluding steroid dienone is 4. The number of carbonyl (C=O) groups is 1. The third-order valence-electron chi connectivity index (χ3n) is 1.15. The van der Waals surface area contributed by atoms with Gasteiger partial charge in [-0.25, -0.2) is 0 Å². The second-order valence-electron chi connectivity index (χ2n) is 2.01. The number of aliphatic hydroxyl groups is 1. The maximum Gasteiger partial charge on any atom is 0.144 e. The molecule has 0 saturated carbocycles. The Morgan fingerprint density at radius 2 is 2.33 bits per heavy atom. The largest absolute Gasteiger partial charge is 0.512 e. The van der Waals surface area contributed by atoms with Crippen molar-refractivity contribution >= 4 is 5.78 Å². The molecule has 1 rings (SSSR count). The summed E-state index contributed by atoms with van der Waals surface area (Å²) >= 11 is 0. The molecule has 0 aromatic heterocycles. The molecule has 0 aliphatic heterocycles. The maximum absolute atomic E-state index is 10.6. The minimum absolute atomic E-state index is 0.0671. The van der Waals surface area contributed by atoms with Crippen molar-refractivity contribution < 1.29 is 9.90 Å². The highest BCUT2D eigenvalue weighted by Gasteiger charge is 2.03. The van der Waals surface area contributed by atoms with Gasteiger partial charge in [0.15, 0.2) is 0 Å². The molecule has 0 aromatic rings. The number of rotatable bonds is 0. The molecule has 0 unspecified atom stereocenters. The summed E-state index contributed by atoms with van der Waals surface area (Å²) in [6, 6.07) is 0. The second kappa shape index (κ2) is 2.49. The molecule has 0 saturated heterocycles. The number of ketones is 1. The summed E-state index contributed by atoms with van der Waals surface area (Å²) in [6.45, 7) is 0. The van der Waals surface area contributed by atoms with Gasteiger partial charge in [0, 0.05) is 6.42 Å². The van der Waals surface area contributed by atoms with Crippen LogP contribution in [0.3, 0.4) is 0 Å². The average molecular weight is 124 g/mol. The van der Waals surface area contributed by atoms with E-state index in [0.717, 1.165) is 0 Å². The number of Topliss-reactive ketones (excluding diaryl/α,β-unsaturated/α-hetero) is 1. The van der Waals surface area contributed by atoms with Crippen LogP contribution < -0.4 is 0 Å². The first-order valence-corrected chi connectivity index (χ1v) is 2.85. The Kier molecular flexibility index (Phi) is 1.68. The molecule has 0 spiro atoms. The predicted octanol–water partition coefficient (Wildman–Crippen LogP) is 1.35. The van der Waals surface area contributed by atoms with Crippen molar-refractivity contribution in [3.63, 3.8) is 0 Å². The molecule has 2 nitrogen and oxygen atoms in total. The van der Waals surface area contributed by atoms with Crippen LogP contribution in [0.15, 0.2) is 24.0 Å². The fraction of sp³-hybridized carbons (Fsp3) is 0.286. The van der Waals surface area contributed by atoms with Crippen LogP contribution in [0.5, 0.6) is 0 Å².